The van der Waals surface area contributed by atoms with Crippen LogP contribution in [-0.4, -0.2) is 33.6 Å². The van der Waals surface area contributed by atoms with E-state index in [4.69, 9.17) is 0 Å². The average molecular weight is 308 g/mol. The van der Waals surface area contributed by atoms with Crippen LogP contribution in [0.5, 0.6) is 0 Å². The highest BCUT2D eigenvalue weighted by Gasteiger charge is 2.22. The molecule has 2 aliphatic rings. The predicted octanol–water partition coefficient (Wildman–Crippen LogP) is 1.72. The molecular weight excluding hydrogens is 291 g/mol. The Morgan fingerprint density at radius 2 is 2.14 bits per heavy atom. The molecule has 0 bridgehead atoms. The van der Waals surface area contributed by atoms with E-state index in [0.29, 0.717) is 29.6 Å². The van der Waals surface area contributed by atoms with Crippen molar-refractivity contribution in [3.05, 3.63) is 34.6 Å². The molecular formula is C16H17F3N3+. The third-order valence-electron chi connectivity index (χ3n) is 3.91. The smallest absolute Gasteiger partial charge is 0.204 e. The van der Waals surface area contributed by atoms with Gasteiger partial charge in [0, 0.05) is 12.6 Å². The van der Waals surface area contributed by atoms with Gasteiger partial charge in [-0.2, -0.15) is 0 Å². The first kappa shape index (κ1) is 14.8. The third-order valence-corrected chi connectivity index (χ3v) is 3.91. The van der Waals surface area contributed by atoms with Crippen molar-refractivity contribution in [1.82, 2.24) is 9.55 Å². The molecule has 0 amide bonds. The van der Waals surface area contributed by atoms with E-state index in [0.717, 1.165) is 0 Å². The lowest BCUT2D eigenvalue weighted by Crippen LogP contribution is -2.31. The lowest BCUT2D eigenvalue weighted by Gasteiger charge is -2.05. The van der Waals surface area contributed by atoms with Gasteiger partial charge in [0.1, 0.15) is 24.4 Å². The summed E-state index contributed by atoms with van der Waals surface area (Å²) in [5.41, 5.74) is 0.630. The number of allylic oxidation sites excluding steroid dienone is 3. The molecule has 22 heavy (non-hydrogen) atoms. The van der Waals surface area contributed by atoms with Crippen LogP contribution >= 0.6 is 0 Å². The molecule has 3 rings (SSSR count). The summed E-state index contributed by atoms with van der Waals surface area (Å²) in [6.07, 6.45) is 5.68. The fourth-order valence-corrected chi connectivity index (χ4v) is 2.78. The summed E-state index contributed by atoms with van der Waals surface area (Å²) >= 11 is 0. The second kappa shape index (κ2) is 5.59. The molecule has 1 aliphatic carbocycles. The van der Waals surface area contributed by atoms with Crippen molar-refractivity contribution in [2.45, 2.75) is 25.4 Å². The van der Waals surface area contributed by atoms with E-state index >= 15 is 0 Å². The first-order valence-corrected chi connectivity index (χ1v) is 7.17. The zero-order chi connectivity index (χ0) is 15.9. The Morgan fingerprint density at radius 3 is 2.91 bits per heavy atom. The highest BCUT2D eigenvalue weighted by Crippen LogP contribution is 2.20. The minimum atomic E-state index is -1.61. The van der Waals surface area contributed by atoms with Crippen LogP contribution in [0.15, 0.2) is 18.1 Å². The first-order valence-electron chi connectivity index (χ1n) is 7.17. The summed E-state index contributed by atoms with van der Waals surface area (Å²) in [4.78, 5) is 4.40. The number of imidazole rings is 1. The highest BCUT2D eigenvalue weighted by atomic mass is 19.2. The maximum Gasteiger partial charge on any atom is 0.204 e. The van der Waals surface area contributed by atoms with Crippen LogP contribution in [0.3, 0.4) is 0 Å². The van der Waals surface area contributed by atoms with Gasteiger partial charge in [0.15, 0.2) is 17.8 Å². The number of aromatic nitrogens is 2. The van der Waals surface area contributed by atoms with Gasteiger partial charge in [-0.15, -0.1) is 0 Å². The van der Waals surface area contributed by atoms with Gasteiger partial charge in [-0.25, -0.2) is 22.7 Å². The van der Waals surface area contributed by atoms with Gasteiger partial charge < -0.3 is 4.57 Å². The third kappa shape index (κ3) is 2.53. The minimum Gasteiger partial charge on any atom is -0.325 e. The Morgan fingerprint density at radius 1 is 1.36 bits per heavy atom. The maximum absolute atomic E-state index is 14.2. The standard InChI is InChI=1S/C16H17F3N3/c1-21-7-6-10(8-11(17)9-21)16-20-13-5-3-4-12(18)14(19)15(13)22(16)2/h5,7-9,12H,3-4,6H2,1-2H3/q+1. The first-order chi connectivity index (χ1) is 10.5. The normalized spacial score (nSPS) is 22.0. The van der Waals surface area contributed by atoms with Crippen LogP contribution < -0.4 is 10.7 Å². The molecule has 3 nitrogen and oxygen atoms in total. The number of alkyl halides is 1. The van der Waals surface area contributed by atoms with Crippen molar-refractivity contribution in [3.8, 4) is 0 Å². The van der Waals surface area contributed by atoms with E-state index in [2.05, 4.69) is 4.98 Å². The molecule has 1 aliphatic heterocycles. The summed E-state index contributed by atoms with van der Waals surface area (Å²) in [6.45, 7) is 0. The molecule has 0 radical (unpaired) electrons. The molecule has 116 valence electrons. The van der Waals surface area contributed by atoms with Gasteiger partial charge in [0.25, 0.3) is 0 Å². The van der Waals surface area contributed by atoms with E-state index in [1.54, 1.807) is 31.0 Å². The molecule has 6 heteroatoms. The molecule has 0 aromatic carbocycles. The second-order valence-corrected chi connectivity index (χ2v) is 5.56. The Labute approximate surface area is 126 Å². The van der Waals surface area contributed by atoms with Gasteiger partial charge in [0.05, 0.1) is 11.8 Å². The molecule has 1 atom stereocenters. The van der Waals surface area contributed by atoms with Gasteiger partial charge in [-0.05, 0) is 18.9 Å². The average Bonchev–Trinajstić information content (AvgIpc) is 2.58. The number of fused-ring (bicyclic) bond motifs is 1. The van der Waals surface area contributed by atoms with E-state index in [1.165, 1.54) is 16.8 Å². The van der Waals surface area contributed by atoms with Crippen molar-refractivity contribution >= 4 is 23.7 Å². The maximum atomic E-state index is 14.2. The Balaban J connectivity index is 2.21. The lowest BCUT2D eigenvalue weighted by atomic mass is 10.1. The van der Waals surface area contributed by atoms with Crippen molar-refractivity contribution < 1.29 is 17.7 Å². The fraction of sp³-hybridized carbons (Fsp3) is 0.375. The summed E-state index contributed by atoms with van der Waals surface area (Å²) in [6, 6.07) is 0. The number of nitrogens with zero attached hydrogens (tertiary/aromatic N) is 3. The fourth-order valence-electron chi connectivity index (χ4n) is 2.78. The van der Waals surface area contributed by atoms with E-state index in [1.807, 2.05) is 0 Å². The SMILES string of the molecule is Cn1c(C2=CC(F)=C[N+](C)=CC2)nc2c1=C(F)C(F)CCC=2. The van der Waals surface area contributed by atoms with Gasteiger partial charge in [0.2, 0.25) is 6.20 Å². The largest absolute Gasteiger partial charge is 0.325 e. The molecule has 1 unspecified atom stereocenters. The highest BCUT2D eigenvalue weighted by molar-refractivity contribution is 5.77. The summed E-state index contributed by atoms with van der Waals surface area (Å²) in [5.74, 6) is -0.738. The number of hydrogen-bond donors (Lipinski definition) is 0. The van der Waals surface area contributed by atoms with Crippen molar-refractivity contribution in [2.24, 2.45) is 7.05 Å². The zero-order valence-electron chi connectivity index (χ0n) is 12.5. The zero-order valence-corrected chi connectivity index (χ0v) is 12.5. The Bertz CT molecular complexity index is 828. The minimum absolute atomic E-state index is 0.121. The molecule has 0 fully saturated rings. The molecule has 0 saturated heterocycles. The predicted molar refractivity (Wildman–Crippen MR) is 79.6 cm³/mol. The summed E-state index contributed by atoms with van der Waals surface area (Å²) in [5, 5.41) is 0.584. The van der Waals surface area contributed by atoms with Crippen LogP contribution in [-0.2, 0) is 7.05 Å². The van der Waals surface area contributed by atoms with Gasteiger partial charge in [-0.3, -0.25) is 0 Å². The van der Waals surface area contributed by atoms with E-state index < -0.39 is 17.8 Å². The molecule has 1 aromatic rings. The molecule has 1 aromatic heterocycles. The van der Waals surface area contributed by atoms with Crippen LogP contribution in [0.25, 0.3) is 17.5 Å². The van der Waals surface area contributed by atoms with Crippen LogP contribution in [0.1, 0.15) is 25.1 Å². The number of halogens is 3. The van der Waals surface area contributed by atoms with Gasteiger partial charge in [-0.1, -0.05) is 6.08 Å². The lowest BCUT2D eigenvalue weighted by molar-refractivity contribution is -0.419. The van der Waals surface area contributed by atoms with E-state index in [9.17, 15) is 13.2 Å². The molecule has 0 N–H and O–H groups in total. The second-order valence-electron chi connectivity index (χ2n) is 5.56. The molecule has 0 spiro atoms. The Hall–Kier alpha value is -2.11. The molecule has 2 heterocycles. The van der Waals surface area contributed by atoms with Crippen LogP contribution in [0, 0.1) is 0 Å². The quantitative estimate of drug-likeness (QED) is 0.724. The topological polar surface area (TPSA) is 20.8 Å². The summed E-state index contributed by atoms with van der Waals surface area (Å²) in [7, 11) is 3.36. The van der Waals surface area contributed by atoms with Gasteiger partial charge >= 0.3 is 0 Å². The monoisotopic (exact) mass is 308 g/mol. The van der Waals surface area contributed by atoms with Crippen molar-refractivity contribution in [2.75, 3.05) is 7.05 Å². The summed E-state index contributed by atoms with van der Waals surface area (Å²) < 4.78 is 44.9. The van der Waals surface area contributed by atoms with Crippen LogP contribution in [0.2, 0.25) is 0 Å². The number of hydrogen-bond acceptors (Lipinski definition) is 1. The van der Waals surface area contributed by atoms with Crippen molar-refractivity contribution in [3.63, 3.8) is 0 Å². The Kier molecular flexibility index (Phi) is 3.76. The van der Waals surface area contributed by atoms with Crippen molar-refractivity contribution in [1.29, 1.82) is 0 Å². The number of rotatable bonds is 1. The molecule has 0 saturated carbocycles. The van der Waals surface area contributed by atoms with E-state index in [-0.39, 0.29) is 11.8 Å². The van der Waals surface area contributed by atoms with Crippen LogP contribution in [0.4, 0.5) is 13.2 Å².